The maximum Gasteiger partial charge on any atom is 0.237 e. The second-order valence-corrected chi connectivity index (χ2v) is 3.41. The summed E-state index contributed by atoms with van der Waals surface area (Å²) in [4.78, 5) is 11.4. The van der Waals surface area contributed by atoms with Crippen molar-refractivity contribution in [3.8, 4) is 12.3 Å². The lowest BCUT2D eigenvalue weighted by molar-refractivity contribution is -0.122. The van der Waals surface area contributed by atoms with E-state index in [1.807, 2.05) is 13.8 Å². The molecule has 0 aromatic carbocycles. The van der Waals surface area contributed by atoms with Gasteiger partial charge in [0.1, 0.15) is 0 Å². The third-order valence-electron chi connectivity index (χ3n) is 2.03. The van der Waals surface area contributed by atoms with E-state index < -0.39 is 6.04 Å². The number of nitrogens with two attached hydrogens (primary N) is 1. The Hall–Kier alpha value is -1.01. The van der Waals surface area contributed by atoms with Gasteiger partial charge in [-0.15, -0.1) is 6.42 Å². The first-order valence-corrected chi connectivity index (χ1v) is 5.17. The third-order valence-corrected chi connectivity index (χ3v) is 2.03. The molecule has 3 nitrogen and oxygen atoms in total. The molecule has 0 spiro atoms. The molecule has 3 N–H and O–H groups in total. The van der Waals surface area contributed by atoms with Gasteiger partial charge < -0.3 is 11.1 Å². The van der Waals surface area contributed by atoms with Crippen molar-refractivity contribution in [3.63, 3.8) is 0 Å². The minimum Gasteiger partial charge on any atom is -0.341 e. The lowest BCUT2D eigenvalue weighted by Crippen LogP contribution is -2.44. The molecule has 0 saturated heterocycles. The van der Waals surface area contributed by atoms with E-state index in [9.17, 15) is 4.79 Å². The van der Waals surface area contributed by atoms with Crippen LogP contribution in [0.3, 0.4) is 0 Å². The van der Waals surface area contributed by atoms with Crippen molar-refractivity contribution in [2.75, 3.05) is 0 Å². The van der Waals surface area contributed by atoms with Gasteiger partial charge in [-0.3, -0.25) is 4.79 Å². The minimum absolute atomic E-state index is 0.136. The number of hydrogen-bond donors (Lipinski definition) is 2. The van der Waals surface area contributed by atoms with Crippen LogP contribution in [0.25, 0.3) is 0 Å². The largest absolute Gasteiger partial charge is 0.341 e. The average Bonchev–Trinajstić information content (AvgIpc) is 2.17. The molecule has 0 aromatic rings. The fraction of sp³-hybridized carbons (Fsp3) is 0.727. The van der Waals surface area contributed by atoms with Gasteiger partial charge in [0, 0.05) is 0 Å². The van der Waals surface area contributed by atoms with Gasteiger partial charge in [0.15, 0.2) is 0 Å². The molecule has 0 heterocycles. The van der Waals surface area contributed by atoms with Crippen molar-refractivity contribution < 1.29 is 4.79 Å². The topological polar surface area (TPSA) is 55.1 Å². The Kier molecular flexibility index (Phi) is 6.87. The molecule has 0 saturated carbocycles. The third kappa shape index (κ3) is 4.88. The van der Waals surface area contributed by atoms with Crippen molar-refractivity contribution in [2.45, 2.75) is 51.6 Å². The number of rotatable bonds is 6. The van der Waals surface area contributed by atoms with Crippen molar-refractivity contribution in [1.82, 2.24) is 5.32 Å². The Balaban J connectivity index is 3.96. The molecule has 0 aliphatic rings. The van der Waals surface area contributed by atoms with Gasteiger partial charge in [-0.05, 0) is 12.8 Å². The summed E-state index contributed by atoms with van der Waals surface area (Å²) in [7, 11) is 0. The monoisotopic (exact) mass is 196 g/mol. The van der Waals surface area contributed by atoms with E-state index in [-0.39, 0.29) is 11.9 Å². The van der Waals surface area contributed by atoms with Crippen LogP contribution < -0.4 is 11.1 Å². The molecule has 80 valence electrons. The Morgan fingerprint density at radius 1 is 1.43 bits per heavy atom. The highest BCUT2D eigenvalue weighted by atomic mass is 16.2. The Morgan fingerprint density at radius 2 is 2.00 bits per heavy atom. The number of terminal acetylenes is 1. The maximum absolute atomic E-state index is 11.4. The van der Waals surface area contributed by atoms with Gasteiger partial charge in [0.25, 0.3) is 0 Å². The summed E-state index contributed by atoms with van der Waals surface area (Å²) >= 11 is 0. The fourth-order valence-corrected chi connectivity index (χ4v) is 1.21. The quantitative estimate of drug-likeness (QED) is 0.623. The minimum atomic E-state index is -0.423. The lowest BCUT2D eigenvalue weighted by atomic mass is 10.1. The molecule has 0 aliphatic carbocycles. The highest BCUT2D eigenvalue weighted by Crippen LogP contribution is 1.98. The second-order valence-electron chi connectivity index (χ2n) is 3.41. The molecule has 2 atom stereocenters. The van der Waals surface area contributed by atoms with Crippen LogP contribution in [0, 0.1) is 12.3 Å². The number of amides is 1. The SMILES string of the molecule is C#CC(CCC)NC(=O)C(N)CCC. The summed E-state index contributed by atoms with van der Waals surface area (Å²) < 4.78 is 0. The van der Waals surface area contributed by atoms with E-state index in [1.165, 1.54) is 0 Å². The standard InChI is InChI=1S/C11H20N2O/c1-4-7-9(6-3)13-11(14)10(12)8-5-2/h3,9-10H,4-5,7-8,12H2,1-2H3,(H,13,14). The molecule has 0 radical (unpaired) electrons. The van der Waals surface area contributed by atoms with Crippen molar-refractivity contribution in [2.24, 2.45) is 5.73 Å². The molecule has 1 amide bonds. The summed E-state index contributed by atoms with van der Waals surface area (Å²) in [5.41, 5.74) is 5.65. The van der Waals surface area contributed by atoms with Crippen molar-refractivity contribution >= 4 is 5.91 Å². The fourth-order valence-electron chi connectivity index (χ4n) is 1.21. The van der Waals surface area contributed by atoms with Gasteiger partial charge in [-0.25, -0.2) is 0 Å². The predicted molar refractivity (Wildman–Crippen MR) is 58.6 cm³/mol. The highest BCUT2D eigenvalue weighted by Gasteiger charge is 2.14. The van der Waals surface area contributed by atoms with E-state index in [4.69, 9.17) is 12.2 Å². The average molecular weight is 196 g/mol. The van der Waals surface area contributed by atoms with E-state index >= 15 is 0 Å². The van der Waals surface area contributed by atoms with Crippen molar-refractivity contribution in [3.05, 3.63) is 0 Å². The summed E-state index contributed by atoms with van der Waals surface area (Å²) in [6.45, 7) is 4.03. The number of carbonyl (C=O) groups excluding carboxylic acids is 1. The molecule has 0 bridgehead atoms. The molecule has 0 fully saturated rings. The molecule has 0 rings (SSSR count). The normalized spacial score (nSPS) is 14.1. The van der Waals surface area contributed by atoms with E-state index in [0.29, 0.717) is 6.42 Å². The zero-order valence-corrected chi connectivity index (χ0v) is 9.05. The zero-order valence-electron chi connectivity index (χ0n) is 9.05. The van der Waals surface area contributed by atoms with Crippen LogP contribution in [0.1, 0.15) is 39.5 Å². The maximum atomic E-state index is 11.4. The molecular weight excluding hydrogens is 176 g/mol. The van der Waals surface area contributed by atoms with Crippen LogP contribution >= 0.6 is 0 Å². The molecule has 3 heteroatoms. The molecule has 0 aromatic heterocycles. The highest BCUT2D eigenvalue weighted by molar-refractivity contribution is 5.82. The lowest BCUT2D eigenvalue weighted by Gasteiger charge is -2.15. The Labute approximate surface area is 86.4 Å². The van der Waals surface area contributed by atoms with Crippen molar-refractivity contribution in [1.29, 1.82) is 0 Å². The number of carbonyl (C=O) groups is 1. The van der Waals surface area contributed by atoms with Gasteiger partial charge in [-0.1, -0.05) is 32.6 Å². The predicted octanol–water partition coefficient (Wildman–Crippen LogP) is 1.03. The van der Waals surface area contributed by atoms with Gasteiger partial charge in [0.05, 0.1) is 12.1 Å². The summed E-state index contributed by atoms with van der Waals surface area (Å²) in [6.07, 6.45) is 8.65. The summed E-state index contributed by atoms with van der Waals surface area (Å²) in [6, 6.07) is -0.594. The van der Waals surface area contributed by atoms with Crippen LogP contribution in [0.2, 0.25) is 0 Å². The van der Waals surface area contributed by atoms with E-state index in [1.54, 1.807) is 0 Å². The number of hydrogen-bond acceptors (Lipinski definition) is 2. The van der Waals surface area contributed by atoms with Crippen LogP contribution in [0.5, 0.6) is 0 Å². The van der Waals surface area contributed by atoms with E-state index in [0.717, 1.165) is 19.3 Å². The molecular formula is C11H20N2O. The zero-order chi connectivity index (χ0) is 11.0. The van der Waals surface area contributed by atoms with Crippen LogP contribution in [-0.4, -0.2) is 18.0 Å². The molecule has 2 unspecified atom stereocenters. The smallest absolute Gasteiger partial charge is 0.237 e. The van der Waals surface area contributed by atoms with Crippen LogP contribution in [-0.2, 0) is 4.79 Å². The first-order valence-electron chi connectivity index (χ1n) is 5.17. The molecule has 0 aliphatic heterocycles. The van der Waals surface area contributed by atoms with Crippen LogP contribution in [0.15, 0.2) is 0 Å². The second kappa shape index (κ2) is 7.40. The van der Waals surface area contributed by atoms with Crippen LogP contribution in [0.4, 0.5) is 0 Å². The Bertz CT molecular complexity index is 208. The summed E-state index contributed by atoms with van der Waals surface area (Å²) in [5, 5.41) is 2.75. The van der Waals surface area contributed by atoms with Gasteiger partial charge in [-0.2, -0.15) is 0 Å². The molecule has 14 heavy (non-hydrogen) atoms. The number of nitrogens with one attached hydrogen (secondary N) is 1. The first-order chi connectivity index (χ1) is 6.65. The Morgan fingerprint density at radius 3 is 2.43 bits per heavy atom. The van der Waals surface area contributed by atoms with E-state index in [2.05, 4.69) is 11.2 Å². The first kappa shape index (κ1) is 13.0. The van der Waals surface area contributed by atoms with Gasteiger partial charge in [0.2, 0.25) is 5.91 Å². The summed E-state index contributed by atoms with van der Waals surface area (Å²) in [5.74, 6) is 2.41. The van der Waals surface area contributed by atoms with Gasteiger partial charge >= 0.3 is 0 Å².